The summed E-state index contributed by atoms with van der Waals surface area (Å²) in [5, 5.41) is 1.05. The number of rotatable bonds is 3. The molecule has 0 atom stereocenters. The molecule has 4 heteroatoms. The van der Waals surface area contributed by atoms with E-state index in [1.165, 1.54) is 0 Å². The maximum absolute atomic E-state index is 5.71. The average Bonchev–Trinajstić information content (AvgIpc) is 2.70. The van der Waals surface area contributed by atoms with E-state index in [0.29, 0.717) is 6.54 Å². The van der Waals surface area contributed by atoms with Gasteiger partial charge >= 0.3 is 0 Å². The van der Waals surface area contributed by atoms with Crippen LogP contribution in [0.15, 0.2) is 18.2 Å². The number of aryl methyl sites for hydroxylation is 2. The Morgan fingerprint density at radius 2 is 2.12 bits per heavy atom. The highest BCUT2D eigenvalue weighted by molar-refractivity contribution is 7.15. The van der Waals surface area contributed by atoms with Gasteiger partial charge in [-0.2, -0.15) is 0 Å². The zero-order valence-corrected chi connectivity index (χ0v) is 11.1. The standard InChI is InChI=1S/C13H16N2OS/c1-8-6-10(4-5-12(8)16-3)13-11(7-14)15-9(2)17-13/h4-6H,7,14H2,1-3H3. The van der Waals surface area contributed by atoms with Gasteiger partial charge in [-0.05, 0) is 43.2 Å². The summed E-state index contributed by atoms with van der Waals surface area (Å²) in [5.41, 5.74) is 8.97. The van der Waals surface area contributed by atoms with Crippen molar-refractivity contribution >= 4 is 11.3 Å². The first-order chi connectivity index (χ1) is 8.15. The first kappa shape index (κ1) is 12.1. The Kier molecular flexibility index (Phi) is 3.45. The summed E-state index contributed by atoms with van der Waals surface area (Å²) in [4.78, 5) is 5.60. The van der Waals surface area contributed by atoms with Gasteiger partial charge in [-0.1, -0.05) is 0 Å². The summed E-state index contributed by atoms with van der Waals surface area (Å²) in [6, 6.07) is 6.16. The molecule has 0 radical (unpaired) electrons. The fraction of sp³-hybridized carbons (Fsp3) is 0.308. The minimum atomic E-state index is 0.477. The minimum absolute atomic E-state index is 0.477. The van der Waals surface area contributed by atoms with Crippen LogP contribution in [0.25, 0.3) is 10.4 Å². The van der Waals surface area contributed by atoms with Gasteiger partial charge in [0.25, 0.3) is 0 Å². The molecule has 0 amide bonds. The summed E-state index contributed by atoms with van der Waals surface area (Å²) < 4.78 is 5.26. The molecule has 0 saturated carbocycles. The third-order valence-electron chi connectivity index (χ3n) is 2.65. The highest BCUT2D eigenvalue weighted by Crippen LogP contribution is 2.32. The topological polar surface area (TPSA) is 48.1 Å². The zero-order valence-electron chi connectivity index (χ0n) is 10.3. The van der Waals surface area contributed by atoms with Crippen molar-refractivity contribution in [3.05, 3.63) is 34.5 Å². The first-order valence-electron chi connectivity index (χ1n) is 5.47. The van der Waals surface area contributed by atoms with Crippen LogP contribution in [-0.2, 0) is 6.54 Å². The number of aromatic nitrogens is 1. The lowest BCUT2D eigenvalue weighted by Crippen LogP contribution is -1.98. The maximum atomic E-state index is 5.71. The van der Waals surface area contributed by atoms with Crippen LogP contribution < -0.4 is 10.5 Å². The molecular formula is C13H16N2OS. The van der Waals surface area contributed by atoms with Crippen molar-refractivity contribution in [3.8, 4) is 16.2 Å². The molecule has 1 aromatic heterocycles. The van der Waals surface area contributed by atoms with Gasteiger partial charge in [0, 0.05) is 6.54 Å². The normalized spacial score (nSPS) is 10.6. The molecule has 0 aliphatic carbocycles. The van der Waals surface area contributed by atoms with Crippen LogP contribution in [0.5, 0.6) is 5.75 Å². The molecule has 0 aliphatic heterocycles. The molecule has 2 aromatic rings. The quantitative estimate of drug-likeness (QED) is 0.908. The van der Waals surface area contributed by atoms with Crippen LogP contribution in [0.4, 0.5) is 0 Å². The summed E-state index contributed by atoms with van der Waals surface area (Å²) in [6.07, 6.45) is 0. The van der Waals surface area contributed by atoms with Crippen molar-refractivity contribution < 1.29 is 4.74 Å². The van der Waals surface area contributed by atoms with Crippen molar-refractivity contribution in [1.29, 1.82) is 0 Å². The summed E-state index contributed by atoms with van der Waals surface area (Å²) in [6.45, 7) is 4.52. The maximum Gasteiger partial charge on any atom is 0.121 e. The Bertz CT molecular complexity index is 534. The third-order valence-corrected chi connectivity index (χ3v) is 3.72. The second kappa shape index (κ2) is 4.85. The van der Waals surface area contributed by atoms with Gasteiger partial charge in [-0.25, -0.2) is 4.98 Å². The molecule has 0 unspecified atom stereocenters. The smallest absolute Gasteiger partial charge is 0.121 e. The van der Waals surface area contributed by atoms with E-state index in [9.17, 15) is 0 Å². The van der Waals surface area contributed by atoms with Crippen molar-refractivity contribution in [3.63, 3.8) is 0 Å². The number of ether oxygens (including phenoxy) is 1. The molecule has 17 heavy (non-hydrogen) atoms. The van der Waals surface area contributed by atoms with Gasteiger partial charge in [-0.15, -0.1) is 11.3 Å². The fourth-order valence-electron chi connectivity index (χ4n) is 1.85. The highest BCUT2D eigenvalue weighted by atomic mass is 32.1. The van der Waals surface area contributed by atoms with Gasteiger partial charge < -0.3 is 10.5 Å². The number of nitrogens with two attached hydrogens (primary N) is 1. The van der Waals surface area contributed by atoms with E-state index in [1.54, 1.807) is 18.4 Å². The lowest BCUT2D eigenvalue weighted by molar-refractivity contribution is 0.412. The van der Waals surface area contributed by atoms with E-state index in [2.05, 4.69) is 17.1 Å². The lowest BCUT2D eigenvalue weighted by atomic mass is 10.1. The Balaban J connectivity index is 2.49. The van der Waals surface area contributed by atoms with Gasteiger partial charge in [0.2, 0.25) is 0 Å². The predicted molar refractivity (Wildman–Crippen MR) is 71.5 cm³/mol. The number of methoxy groups -OCH3 is 1. The van der Waals surface area contributed by atoms with E-state index >= 15 is 0 Å². The van der Waals surface area contributed by atoms with Crippen LogP contribution in [0.2, 0.25) is 0 Å². The molecule has 3 nitrogen and oxygen atoms in total. The lowest BCUT2D eigenvalue weighted by Gasteiger charge is -2.06. The molecule has 0 fully saturated rings. The minimum Gasteiger partial charge on any atom is -0.496 e. The molecule has 2 N–H and O–H groups in total. The van der Waals surface area contributed by atoms with Gasteiger partial charge in [0.15, 0.2) is 0 Å². The highest BCUT2D eigenvalue weighted by Gasteiger charge is 2.11. The largest absolute Gasteiger partial charge is 0.496 e. The summed E-state index contributed by atoms with van der Waals surface area (Å²) in [5.74, 6) is 0.907. The van der Waals surface area contributed by atoms with Gasteiger partial charge in [-0.3, -0.25) is 0 Å². The van der Waals surface area contributed by atoms with E-state index < -0.39 is 0 Å². The van der Waals surface area contributed by atoms with Crippen LogP contribution in [0.1, 0.15) is 16.3 Å². The molecule has 0 aliphatic rings. The second-order valence-corrected chi connectivity index (χ2v) is 5.10. The van der Waals surface area contributed by atoms with Crippen molar-refractivity contribution in [2.75, 3.05) is 7.11 Å². The molecule has 90 valence electrons. The van der Waals surface area contributed by atoms with Crippen molar-refractivity contribution in [2.45, 2.75) is 20.4 Å². The molecular weight excluding hydrogens is 232 g/mol. The first-order valence-corrected chi connectivity index (χ1v) is 6.28. The van der Waals surface area contributed by atoms with Gasteiger partial charge in [0.05, 0.1) is 22.7 Å². The SMILES string of the molecule is COc1ccc(-c2sc(C)nc2CN)cc1C. The number of nitrogens with zero attached hydrogens (tertiary/aromatic N) is 1. The monoisotopic (exact) mass is 248 g/mol. The molecule has 0 spiro atoms. The predicted octanol–water partition coefficient (Wildman–Crippen LogP) is 2.89. The number of hydrogen-bond donors (Lipinski definition) is 1. The Labute approximate surface area is 105 Å². The molecule has 2 rings (SSSR count). The Morgan fingerprint density at radius 3 is 2.71 bits per heavy atom. The third kappa shape index (κ3) is 2.33. The molecule has 1 aromatic carbocycles. The summed E-state index contributed by atoms with van der Waals surface area (Å²) >= 11 is 1.68. The van der Waals surface area contributed by atoms with Crippen LogP contribution in [-0.4, -0.2) is 12.1 Å². The molecule has 0 bridgehead atoms. The number of benzene rings is 1. The van der Waals surface area contributed by atoms with Crippen molar-refractivity contribution in [2.24, 2.45) is 5.73 Å². The van der Waals surface area contributed by atoms with Crippen LogP contribution >= 0.6 is 11.3 Å². The molecule has 1 heterocycles. The van der Waals surface area contributed by atoms with E-state index in [1.807, 2.05) is 19.9 Å². The van der Waals surface area contributed by atoms with Crippen molar-refractivity contribution in [1.82, 2.24) is 4.98 Å². The Hall–Kier alpha value is -1.39. The van der Waals surface area contributed by atoms with Crippen LogP contribution in [0.3, 0.4) is 0 Å². The van der Waals surface area contributed by atoms with Crippen LogP contribution in [0, 0.1) is 13.8 Å². The van der Waals surface area contributed by atoms with E-state index in [-0.39, 0.29) is 0 Å². The zero-order chi connectivity index (χ0) is 12.4. The average molecular weight is 248 g/mol. The Morgan fingerprint density at radius 1 is 1.35 bits per heavy atom. The second-order valence-electron chi connectivity index (χ2n) is 3.90. The van der Waals surface area contributed by atoms with E-state index in [4.69, 9.17) is 10.5 Å². The van der Waals surface area contributed by atoms with E-state index in [0.717, 1.165) is 32.5 Å². The number of thiazole rings is 1. The van der Waals surface area contributed by atoms with Gasteiger partial charge in [0.1, 0.15) is 5.75 Å². The fourth-order valence-corrected chi connectivity index (χ4v) is 2.80. The summed E-state index contributed by atoms with van der Waals surface area (Å²) in [7, 11) is 1.68. The number of hydrogen-bond acceptors (Lipinski definition) is 4. The molecule has 0 saturated heterocycles.